The van der Waals surface area contributed by atoms with Gasteiger partial charge in [-0.3, -0.25) is 10.2 Å². The highest BCUT2D eigenvalue weighted by atomic mass is 16.5. The van der Waals surface area contributed by atoms with Gasteiger partial charge in [0.2, 0.25) is 0 Å². The van der Waals surface area contributed by atoms with Crippen LogP contribution in [0.4, 0.5) is 26.7 Å². The number of ether oxygens (including phenoxy) is 1. The summed E-state index contributed by atoms with van der Waals surface area (Å²) < 4.78 is 4.99. The molecule has 0 atom stereocenters. The standard InChI is InChI=1S/C24H32N4O3/c1-4-27(5-2)16-15-25-23(29)28-21-10-8-7-9-18(21)11-12-19-13-14-20(17-22(19)28)26-24(30)31-6-3/h7-10,13-14,17H,4-6,11-12,15-16H2,1-3H3,(H,25,29)(H,26,30). The van der Waals surface area contributed by atoms with Crippen molar-refractivity contribution in [3.63, 3.8) is 0 Å². The first kappa shape index (κ1) is 22.6. The van der Waals surface area contributed by atoms with Crippen LogP contribution in [0.25, 0.3) is 0 Å². The highest BCUT2D eigenvalue weighted by molar-refractivity contribution is 6.02. The Bertz CT molecular complexity index is 911. The number of carbonyl (C=O) groups is 2. The molecule has 31 heavy (non-hydrogen) atoms. The fraction of sp³-hybridized carbons (Fsp3) is 0.417. The van der Waals surface area contributed by atoms with E-state index in [4.69, 9.17) is 4.74 Å². The highest BCUT2D eigenvalue weighted by Gasteiger charge is 2.26. The maximum Gasteiger partial charge on any atom is 0.411 e. The average Bonchev–Trinajstić information content (AvgIpc) is 2.93. The molecule has 1 aliphatic heterocycles. The van der Waals surface area contributed by atoms with Gasteiger partial charge in [-0.05, 0) is 62.2 Å². The molecule has 7 heteroatoms. The molecule has 0 saturated carbocycles. The van der Waals surface area contributed by atoms with Gasteiger partial charge >= 0.3 is 12.1 Å². The molecule has 3 amide bonds. The third-order valence-electron chi connectivity index (χ3n) is 5.55. The summed E-state index contributed by atoms with van der Waals surface area (Å²) in [6.45, 7) is 9.55. The third kappa shape index (κ3) is 5.55. The SMILES string of the molecule is CCOC(=O)Nc1ccc2c(c1)N(C(=O)NCCN(CC)CC)c1ccccc1CC2. The lowest BCUT2D eigenvalue weighted by molar-refractivity contribution is 0.168. The first-order chi connectivity index (χ1) is 15.1. The summed E-state index contributed by atoms with van der Waals surface area (Å²) in [5, 5.41) is 5.82. The van der Waals surface area contributed by atoms with Crippen molar-refractivity contribution < 1.29 is 14.3 Å². The number of amides is 3. The first-order valence-corrected chi connectivity index (χ1v) is 11.0. The molecular formula is C24H32N4O3. The lowest BCUT2D eigenvalue weighted by Gasteiger charge is -2.26. The molecule has 0 saturated heterocycles. The molecule has 7 nitrogen and oxygen atoms in total. The number of anilines is 3. The Balaban J connectivity index is 1.91. The van der Waals surface area contributed by atoms with Crippen molar-refractivity contribution in [3.8, 4) is 0 Å². The van der Waals surface area contributed by atoms with Gasteiger partial charge in [-0.15, -0.1) is 0 Å². The van der Waals surface area contributed by atoms with Crippen LogP contribution in [0.15, 0.2) is 42.5 Å². The molecule has 3 rings (SSSR count). The van der Waals surface area contributed by atoms with Gasteiger partial charge in [0.1, 0.15) is 0 Å². The smallest absolute Gasteiger partial charge is 0.411 e. The topological polar surface area (TPSA) is 73.9 Å². The summed E-state index contributed by atoms with van der Waals surface area (Å²) in [4.78, 5) is 29.3. The van der Waals surface area contributed by atoms with E-state index in [2.05, 4.69) is 35.4 Å². The van der Waals surface area contributed by atoms with Crippen LogP contribution in [0.3, 0.4) is 0 Å². The van der Waals surface area contributed by atoms with E-state index in [1.165, 1.54) is 0 Å². The van der Waals surface area contributed by atoms with Crippen LogP contribution in [0.5, 0.6) is 0 Å². The number of fused-ring (bicyclic) bond motifs is 2. The maximum absolute atomic E-state index is 13.4. The van der Waals surface area contributed by atoms with Crippen LogP contribution in [-0.2, 0) is 17.6 Å². The number of likely N-dealkylation sites (N-methyl/N-ethyl adjacent to an activating group) is 1. The molecule has 2 aromatic carbocycles. The normalized spacial score (nSPS) is 12.6. The number of nitrogens with one attached hydrogen (secondary N) is 2. The highest BCUT2D eigenvalue weighted by Crippen LogP contribution is 2.37. The minimum atomic E-state index is -0.508. The molecule has 0 fully saturated rings. The second-order valence-corrected chi connectivity index (χ2v) is 7.41. The second kappa shape index (κ2) is 10.8. The zero-order valence-corrected chi connectivity index (χ0v) is 18.6. The minimum absolute atomic E-state index is 0.170. The lowest BCUT2D eigenvalue weighted by Crippen LogP contribution is -2.41. The molecule has 0 bridgehead atoms. The van der Waals surface area contributed by atoms with Gasteiger partial charge in [0.25, 0.3) is 0 Å². The summed E-state index contributed by atoms with van der Waals surface area (Å²) >= 11 is 0. The predicted octanol–water partition coefficient (Wildman–Crippen LogP) is 4.54. The third-order valence-corrected chi connectivity index (χ3v) is 5.55. The van der Waals surface area contributed by atoms with Gasteiger partial charge in [0.15, 0.2) is 0 Å². The molecule has 0 unspecified atom stereocenters. The summed E-state index contributed by atoms with van der Waals surface area (Å²) in [6.07, 6.45) is 1.15. The quantitative estimate of drug-likeness (QED) is 0.684. The predicted molar refractivity (Wildman–Crippen MR) is 124 cm³/mol. The van der Waals surface area contributed by atoms with Crippen LogP contribution in [0.1, 0.15) is 31.9 Å². The first-order valence-electron chi connectivity index (χ1n) is 11.0. The Morgan fingerprint density at radius 2 is 1.71 bits per heavy atom. The van der Waals surface area contributed by atoms with Gasteiger partial charge in [-0.1, -0.05) is 38.1 Å². The molecular weight excluding hydrogens is 392 g/mol. The summed E-state index contributed by atoms with van der Waals surface area (Å²) in [7, 11) is 0. The van der Waals surface area contributed by atoms with Gasteiger partial charge in [-0.25, -0.2) is 9.59 Å². The molecule has 2 N–H and O–H groups in total. The van der Waals surface area contributed by atoms with E-state index < -0.39 is 6.09 Å². The Morgan fingerprint density at radius 1 is 1.00 bits per heavy atom. The average molecular weight is 425 g/mol. The molecule has 0 spiro atoms. The van der Waals surface area contributed by atoms with E-state index in [0.29, 0.717) is 18.8 Å². The van der Waals surface area contributed by atoms with Crippen LogP contribution in [-0.4, -0.2) is 49.8 Å². The lowest BCUT2D eigenvalue weighted by atomic mass is 10.0. The number of hydrogen-bond acceptors (Lipinski definition) is 4. The van der Waals surface area contributed by atoms with Crippen molar-refractivity contribution in [2.75, 3.05) is 43.0 Å². The zero-order valence-electron chi connectivity index (χ0n) is 18.6. The van der Waals surface area contributed by atoms with Gasteiger partial charge in [0, 0.05) is 18.8 Å². The van der Waals surface area contributed by atoms with E-state index in [9.17, 15) is 9.59 Å². The second-order valence-electron chi connectivity index (χ2n) is 7.41. The molecule has 166 valence electrons. The van der Waals surface area contributed by atoms with Crippen LogP contribution < -0.4 is 15.5 Å². The Morgan fingerprint density at radius 3 is 2.42 bits per heavy atom. The number of hydrogen-bond donors (Lipinski definition) is 2. The van der Waals surface area contributed by atoms with Gasteiger partial charge in [0.05, 0.1) is 18.0 Å². The Kier molecular flexibility index (Phi) is 7.89. The molecule has 0 aliphatic carbocycles. The van der Waals surface area contributed by atoms with Gasteiger partial charge in [-0.2, -0.15) is 0 Å². The van der Waals surface area contributed by atoms with Crippen molar-refractivity contribution in [2.45, 2.75) is 33.6 Å². The number of urea groups is 1. The van der Waals surface area contributed by atoms with Crippen molar-refractivity contribution in [1.29, 1.82) is 0 Å². The number of nitrogens with zero attached hydrogens (tertiary/aromatic N) is 2. The number of benzene rings is 2. The van der Waals surface area contributed by atoms with Crippen LogP contribution in [0, 0.1) is 0 Å². The van der Waals surface area contributed by atoms with Crippen molar-refractivity contribution in [2.24, 2.45) is 0 Å². The number of aryl methyl sites for hydroxylation is 2. The summed E-state index contributed by atoms with van der Waals surface area (Å²) in [5.74, 6) is 0. The largest absolute Gasteiger partial charge is 0.450 e. The fourth-order valence-electron chi connectivity index (χ4n) is 3.84. The van der Waals surface area contributed by atoms with E-state index >= 15 is 0 Å². The molecule has 0 aromatic heterocycles. The van der Waals surface area contributed by atoms with E-state index in [-0.39, 0.29) is 6.03 Å². The van der Waals surface area contributed by atoms with Crippen molar-refractivity contribution >= 4 is 29.2 Å². The fourth-order valence-corrected chi connectivity index (χ4v) is 3.84. The molecule has 0 radical (unpaired) electrons. The number of para-hydroxylation sites is 1. The van der Waals surface area contributed by atoms with E-state index in [0.717, 1.165) is 55.0 Å². The van der Waals surface area contributed by atoms with Crippen molar-refractivity contribution in [3.05, 3.63) is 53.6 Å². The summed E-state index contributed by atoms with van der Waals surface area (Å²) in [6, 6.07) is 13.5. The Hall–Kier alpha value is -3.06. The Labute approximate surface area is 184 Å². The van der Waals surface area contributed by atoms with Crippen LogP contribution >= 0.6 is 0 Å². The molecule has 1 heterocycles. The minimum Gasteiger partial charge on any atom is -0.450 e. The van der Waals surface area contributed by atoms with Crippen molar-refractivity contribution in [1.82, 2.24) is 10.2 Å². The number of carbonyl (C=O) groups excluding carboxylic acids is 2. The van der Waals surface area contributed by atoms with E-state index in [1.807, 2.05) is 36.4 Å². The molecule has 1 aliphatic rings. The van der Waals surface area contributed by atoms with E-state index in [1.54, 1.807) is 11.8 Å². The van der Waals surface area contributed by atoms with Crippen LogP contribution in [0.2, 0.25) is 0 Å². The summed E-state index contributed by atoms with van der Waals surface area (Å²) in [5.41, 5.74) is 4.42. The zero-order chi connectivity index (χ0) is 22.2. The number of rotatable bonds is 7. The molecule has 2 aromatic rings. The van der Waals surface area contributed by atoms with Gasteiger partial charge < -0.3 is 15.0 Å². The monoisotopic (exact) mass is 424 g/mol. The maximum atomic E-state index is 13.4.